The van der Waals surface area contributed by atoms with E-state index in [4.69, 9.17) is 11.6 Å². The summed E-state index contributed by atoms with van der Waals surface area (Å²) < 4.78 is 28.1. The quantitative estimate of drug-likeness (QED) is 0.909. The van der Waals surface area contributed by atoms with Crippen LogP contribution in [0.5, 0.6) is 0 Å². The lowest BCUT2D eigenvalue weighted by molar-refractivity contribution is 0.100. The van der Waals surface area contributed by atoms with Crippen LogP contribution < -0.4 is 4.72 Å². The van der Waals surface area contributed by atoms with Gasteiger partial charge in [0.2, 0.25) is 0 Å². The van der Waals surface area contributed by atoms with E-state index in [0.717, 1.165) is 37.3 Å². The Bertz CT molecular complexity index is 599. The summed E-state index contributed by atoms with van der Waals surface area (Å²) >= 11 is 6.80. The number of hydrogen-bond donors (Lipinski definition) is 1. The van der Waals surface area contributed by atoms with Gasteiger partial charge in [0.1, 0.15) is 0 Å². The normalized spacial score (nSPS) is 19.1. The molecule has 1 N–H and O–H groups in total. The molecule has 21 heavy (non-hydrogen) atoms. The molecule has 1 saturated heterocycles. The van der Waals surface area contributed by atoms with Crippen molar-refractivity contribution >= 4 is 33.0 Å². The Morgan fingerprint density at radius 1 is 1.33 bits per heavy atom. The number of hydrogen-bond acceptors (Lipinski definition) is 5. The minimum Gasteiger partial charge on any atom is -0.298 e. The molecule has 5 nitrogen and oxygen atoms in total. The maximum Gasteiger partial charge on any atom is 0.252 e. The highest BCUT2D eigenvalue weighted by Gasteiger charge is 2.30. The summed E-state index contributed by atoms with van der Waals surface area (Å²) in [6, 6.07) is -0.0196. The zero-order valence-corrected chi connectivity index (χ0v) is 15.2. The molecule has 0 radical (unpaired) electrons. The number of nitrogens with zero attached hydrogens (tertiary/aromatic N) is 2. The number of halogens is 1. The lowest BCUT2D eigenvalue weighted by Crippen LogP contribution is -2.50. The summed E-state index contributed by atoms with van der Waals surface area (Å²) in [5.41, 5.74) is 0.593. The first-order valence-electron chi connectivity index (χ1n) is 7.00. The first-order chi connectivity index (χ1) is 9.59. The molecule has 8 heteroatoms. The van der Waals surface area contributed by atoms with E-state index < -0.39 is 10.0 Å². The number of piperidine rings is 1. The number of rotatable bonds is 3. The molecule has 1 aliphatic rings. The van der Waals surface area contributed by atoms with E-state index in [9.17, 15) is 8.42 Å². The van der Waals surface area contributed by atoms with Crippen LogP contribution in [0.4, 0.5) is 0 Å². The number of aryl methyl sites for hydroxylation is 1. The third-order valence-electron chi connectivity index (χ3n) is 3.74. The van der Waals surface area contributed by atoms with Crippen LogP contribution in [-0.4, -0.2) is 43.0 Å². The zero-order chi connectivity index (χ0) is 15.8. The number of sulfonamides is 1. The molecule has 1 aliphatic heterocycles. The van der Waals surface area contributed by atoms with Gasteiger partial charge in [0, 0.05) is 24.7 Å². The van der Waals surface area contributed by atoms with Gasteiger partial charge in [-0.2, -0.15) is 0 Å². The molecule has 1 aromatic heterocycles. The average Bonchev–Trinajstić information content (AvgIpc) is 2.68. The van der Waals surface area contributed by atoms with E-state index in [-0.39, 0.29) is 20.3 Å². The van der Waals surface area contributed by atoms with Crippen LogP contribution in [0.25, 0.3) is 0 Å². The SMILES string of the molecule is Cc1nc(Cl)sc1S(=O)(=O)NC1CCN(C(C)(C)C)CC1. The first-order valence-corrected chi connectivity index (χ1v) is 9.67. The second-order valence-electron chi connectivity index (χ2n) is 6.39. The summed E-state index contributed by atoms with van der Waals surface area (Å²) in [6.07, 6.45) is 1.64. The minimum absolute atomic E-state index is 0.0196. The largest absolute Gasteiger partial charge is 0.298 e. The number of aromatic nitrogens is 1. The number of nitrogens with one attached hydrogen (secondary N) is 1. The molecule has 0 amide bonds. The monoisotopic (exact) mass is 351 g/mol. The Morgan fingerprint density at radius 2 is 1.90 bits per heavy atom. The lowest BCUT2D eigenvalue weighted by atomic mass is 9.99. The molecule has 0 spiro atoms. The fourth-order valence-corrected chi connectivity index (χ4v) is 5.60. The third kappa shape index (κ3) is 4.16. The van der Waals surface area contributed by atoms with Gasteiger partial charge in [-0.25, -0.2) is 18.1 Å². The highest BCUT2D eigenvalue weighted by Crippen LogP contribution is 2.28. The van der Waals surface area contributed by atoms with Crippen molar-refractivity contribution in [3.63, 3.8) is 0 Å². The topological polar surface area (TPSA) is 62.3 Å². The fourth-order valence-electron chi connectivity index (χ4n) is 2.54. The van der Waals surface area contributed by atoms with Crippen LogP contribution in [0.15, 0.2) is 4.21 Å². The van der Waals surface area contributed by atoms with Crippen molar-refractivity contribution in [3.8, 4) is 0 Å². The first kappa shape index (κ1) is 17.1. The van der Waals surface area contributed by atoms with Crippen LogP contribution >= 0.6 is 22.9 Å². The van der Waals surface area contributed by atoms with Gasteiger partial charge in [-0.1, -0.05) is 22.9 Å². The fraction of sp³-hybridized carbons (Fsp3) is 0.769. The van der Waals surface area contributed by atoms with Crippen molar-refractivity contribution in [3.05, 3.63) is 10.2 Å². The van der Waals surface area contributed by atoms with Crippen LogP contribution in [-0.2, 0) is 10.0 Å². The van der Waals surface area contributed by atoms with Crippen molar-refractivity contribution in [1.82, 2.24) is 14.6 Å². The van der Waals surface area contributed by atoms with Crippen molar-refractivity contribution in [2.45, 2.75) is 56.3 Å². The van der Waals surface area contributed by atoms with Crippen molar-refractivity contribution < 1.29 is 8.42 Å². The van der Waals surface area contributed by atoms with Crippen molar-refractivity contribution in [2.24, 2.45) is 0 Å². The molecule has 2 rings (SSSR count). The molecule has 1 fully saturated rings. The van der Waals surface area contributed by atoms with Gasteiger partial charge in [0.05, 0.1) is 5.69 Å². The Kier molecular flexibility index (Phi) is 5.00. The molecule has 120 valence electrons. The summed E-state index contributed by atoms with van der Waals surface area (Å²) in [6.45, 7) is 10.0. The van der Waals surface area contributed by atoms with E-state index in [1.807, 2.05) is 0 Å². The van der Waals surface area contributed by atoms with E-state index >= 15 is 0 Å². The van der Waals surface area contributed by atoms with E-state index in [1.165, 1.54) is 0 Å². The van der Waals surface area contributed by atoms with Gasteiger partial charge in [0.15, 0.2) is 8.68 Å². The van der Waals surface area contributed by atoms with E-state index in [0.29, 0.717) is 5.69 Å². The molecule has 0 aliphatic carbocycles. The molecule has 0 saturated carbocycles. The average molecular weight is 352 g/mol. The molecule has 1 aromatic rings. The van der Waals surface area contributed by atoms with Crippen LogP contribution in [0.1, 0.15) is 39.3 Å². The van der Waals surface area contributed by atoms with Gasteiger partial charge in [-0.05, 0) is 40.5 Å². The maximum absolute atomic E-state index is 12.4. The molecular weight excluding hydrogens is 330 g/mol. The summed E-state index contributed by atoms with van der Waals surface area (Å²) in [5.74, 6) is 0. The maximum atomic E-state index is 12.4. The molecule has 0 unspecified atom stereocenters. The molecular formula is C13H22ClN3O2S2. The van der Waals surface area contributed by atoms with Gasteiger partial charge in [0.25, 0.3) is 10.0 Å². The van der Waals surface area contributed by atoms with Crippen molar-refractivity contribution in [2.75, 3.05) is 13.1 Å². The standard InChI is InChI=1S/C13H22ClN3O2S2/c1-9-11(20-12(14)15-9)21(18,19)16-10-5-7-17(8-6-10)13(2,3)4/h10,16H,5-8H2,1-4H3. The third-order valence-corrected chi connectivity index (χ3v) is 7.13. The summed E-state index contributed by atoms with van der Waals surface area (Å²) in [7, 11) is -3.52. The van der Waals surface area contributed by atoms with Crippen molar-refractivity contribution in [1.29, 1.82) is 0 Å². The molecule has 2 heterocycles. The minimum atomic E-state index is -3.52. The van der Waals surface area contributed by atoms with Gasteiger partial charge in [-0.3, -0.25) is 4.90 Å². The smallest absolute Gasteiger partial charge is 0.252 e. The van der Waals surface area contributed by atoms with E-state index in [2.05, 4.69) is 35.4 Å². The Hall–Kier alpha value is -0.210. The Labute approximate surface area is 135 Å². The summed E-state index contributed by atoms with van der Waals surface area (Å²) in [4.78, 5) is 6.35. The van der Waals surface area contributed by atoms with Gasteiger partial charge in [-0.15, -0.1) is 0 Å². The molecule has 0 bridgehead atoms. The van der Waals surface area contributed by atoms with E-state index in [1.54, 1.807) is 6.92 Å². The van der Waals surface area contributed by atoms with Crippen LogP contribution in [0.3, 0.4) is 0 Å². The van der Waals surface area contributed by atoms with Crippen LogP contribution in [0.2, 0.25) is 4.47 Å². The zero-order valence-electron chi connectivity index (χ0n) is 12.8. The highest BCUT2D eigenvalue weighted by molar-refractivity contribution is 7.91. The molecule has 0 aromatic carbocycles. The predicted molar refractivity (Wildman–Crippen MR) is 86.5 cm³/mol. The number of likely N-dealkylation sites (tertiary alicyclic amines) is 1. The second kappa shape index (κ2) is 6.12. The van der Waals surface area contributed by atoms with Gasteiger partial charge < -0.3 is 0 Å². The molecule has 0 atom stereocenters. The van der Waals surface area contributed by atoms with Gasteiger partial charge >= 0.3 is 0 Å². The Balaban J connectivity index is 2.02. The highest BCUT2D eigenvalue weighted by atomic mass is 35.5. The Morgan fingerprint density at radius 3 is 2.33 bits per heavy atom. The predicted octanol–water partition coefficient (Wildman–Crippen LogP) is 2.65. The second-order valence-corrected chi connectivity index (χ2v) is 9.88. The van der Waals surface area contributed by atoms with Crippen LogP contribution in [0, 0.1) is 6.92 Å². The summed E-state index contributed by atoms with van der Waals surface area (Å²) in [5, 5.41) is 0. The lowest BCUT2D eigenvalue weighted by Gasteiger charge is -2.40. The number of thiazole rings is 1.